The Labute approximate surface area is 134 Å². The van der Waals surface area contributed by atoms with Crippen molar-refractivity contribution >= 4 is 69.6 Å². The third kappa shape index (κ3) is 6.61. The zero-order valence-corrected chi connectivity index (χ0v) is 14.7. The van der Waals surface area contributed by atoms with Gasteiger partial charge in [-0.15, -0.1) is 69.6 Å². The molecule has 0 amide bonds. The molecule has 0 aromatic heterocycles. The minimum absolute atomic E-state index is 0.437. The van der Waals surface area contributed by atoms with Crippen LogP contribution >= 0.6 is 69.6 Å². The van der Waals surface area contributed by atoms with Gasteiger partial charge in [-0.2, -0.15) is 0 Å². The summed E-state index contributed by atoms with van der Waals surface area (Å²) < 4.78 is 1.00. The van der Waals surface area contributed by atoms with Crippen molar-refractivity contribution in [2.45, 2.75) is 32.3 Å². The highest BCUT2D eigenvalue weighted by atomic mass is 35.5. The molecule has 0 radical (unpaired) electrons. The van der Waals surface area contributed by atoms with Crippen LogP contribution in [0.5, 0.6) is 0 Å². The van der Waals surface area contributed by atoms with Crippen LogP contribution in [-0.4, -0.2) is 64.9 Å². The highest BCUT2D eigenvalue weighted by Crippen LogP contribution is 2.39. The maximum Gasteiger partial charge on any atom is 0.0693 e. The van der Waals surface area contributed by atoms with Crippen LogP contribution in [0, 0.1) is 0 Å². The van der Waals surface area contributed by atoms with Crippen molar-refractivity contribution in [1.29, 1.82) is 0 Å². The smallest absolute Gasteiger partial charge is 0.0693 e. The van der Waals surface area contributed by atoms with Gasteiger partial charge in [-0.1, -0.05) is 0 Å². The fourth-order valence-electron chi connectivity index (χ4n) is 1.05. The molecule has 0 N–H and O–H groups in total. The van der Waals surface area contributed by atoms with Gasteiger partial charge in [0.15, 0.2) is 0 Å². The Kier molecular flexibility index (Phi) is 8.22. The summed E-state index contributed by atoms with van der Waals surface area (Å²) in [4.78, 5) is 0. The first-order valence-electron chi connectivity index (χ1n) is 5.10. The molecule has 1 aliphatic carbocycles. The molecule has 104 valence electrons. The molecule has 0 bridgehead atoms. The molecule has 0 saturated heterocycles. The summed E-state index contributed by atoms with van der Waals surface area (Å²) in [5, 5.41) is -2.62. The Morgan fingerprint density at radius 1 is 0.471 bits per heavy atom. The van der Waals surface area contributed by atoms with Crippen LogP contribution in [0.1, 0.15) is 0 Å². The van der Waals surface area contributed by atoms with Gasteiger partial charge in [-0.3, -0.25) is 0 Å². The van der Waals surface area contributed by atoms with E-state index in [9.17, 15) is 0 Å². The first kappa shape index (κ1) is 18.7. The molecule has 0 spiro atoms. The van der Waals surface area contributed by atoms with Gasteiger partial charge in [0, 0.05) is 0 Å². The van der Waals surface area contributed by atoms with Crippen molar-refractivity contribution in [2.24, 2.45) is 0 Å². The third-order valence-corrected chi connectivity index (χ3v) is 5.86. The number of rotatable bonds is 0. The second-order valence-electron chi connectivity index (χ2n) is 5.35. The summed E-state index contributed by atoms with van der Waals surface area (Å²) in [6.07, 6.45) is 0. The number of halogens is 6. The van der Waals surface area contributed by atoms with Gasteiger partial charge in [-0.25, -0.2) is 0 Å². The standard InChI is InChI=1S/C6H6Cl6.C4H12N/c7-1-2(8)4(10)6(12)5(11)3(1)9;1-5(2,3)4/h1-6H;1-4H3/q;+1/t1-,2-,3-,4+,5+,6+;. The summed E-state index contributed by atoms with van der Waals surface area (Å²) in [7, 11) is 8.50. The van der Waals surface area contributed by atoms with E-state index in [4.69, 9.17) is 69.6 Å². The minimum atomic E-state index is -0.437. The lowest BCUT2D eigenvalue weighted by molar-refractivity contribution is -0.849. The second kappa shape index (κ2) is 7.47. The van der Waals surface area contributed by atoms with Crippen LogP contribution in [0.25, 0.3) is 0 Å². The van der Waals surface area contributed by atoms with Crippen LogP contribution in [0.2, 0.25) is 0 Å². The van der Waals surface area contributed by atoms with Gasteiger partial charge in [0.2, 0.25) is 0 Å². The molecule has 0 aromatic carbocycles. The number of hydrogen-bond acceptors (Lipinski definition) is 0. The highest BCUT2D eigenvalue weighted by molar-refractivity contribution is 6.45. The lowest BCUT2D eigenvalue weighted by atomic mass is 9.97. The van der Waals surface area contributed by atoms with Crippen molar-refractivity contribution in [1.82, 2.24) is 0 Å². The Balaban J connectivity index is 0.000000437. The van der Waals surface area contributed by atoms with Gasteiger partial charge in [0.05, 0.1) is 60.5 Å². The van der Waals surface area contributed by atoms with Gasteiger partial charge in [-0.05, 0) is 0 Å². The van der Waals surface area contributed by atoms with Crippen molar-refractivity contribution in [3.8, 4) is 0 Å². The molecule has 1 rings (SSSR count). The normalized spacial score (nSPS) is 42.7. The van der Waals surface area contributed by atoms with Crippen LogP contribution in [0.4, 0.5) is 0 Å². The molecule has 1 aliphatic rings. The van der Waals surface area contributed by atoms with E-state index in [0.717, 1.165) is 4.48 Å². The topological polar surface area (TPSA) is 0 Å². The van der Waals surface area contributed by atoms with E-state index < -0.39 is 32.3 Å². The summed E-state index contributed by atoms with van der Waals surface area (Å²) in [5.74, 6) is 0. The van der Waals surface area contributed by atoms with Gasteiger partial charge in [0.25, 0.3) is 0 Å². The largest absolute Gasteiger partial charge is 0.333 e. The predicted octanol–water partition coefficient (Wildman–Crippen LogP) is 3.97. The van der Waals surface area contributed by atoms with E-state index in [2.05, 4.69) is 28.2 Å². The fraction of sp³-hybridized carbons (Fsp3) is 1.00. The first-order valence-corrected chi connectivity index (χ1v) is 7.72. The average Bonchev–Trinajstić information content (AvgIpc) is 2.18. The first-order chi connectivity index (χ1) is 7.46. The lowest BCUT2D eigenvalue weighted by Gasteiger charge is -2.37. The van der Waals surface area contributed by atoms with Crippen LogP contribution < -0.4 is 0 Å². The second-order valence-corrected chi connectivity index (χ2v) is 8.37. The Morgan fingerprint density at radius 3 is 0.588 bits per heavy atom. The molecule has 1 nitrogen and oxygen atoms in total. The third-order valence-electron chi connectivity index (χ3n) is 1.83. The van der Waals surface area contributed by atoms with E-state index >= 15 is 0 Å². The molecule has 1 fully saturated rings. The van der Waals surface area contributed by atoms with Crippen molar-refractivity contribution < 1.29 is 4.48 Å². The van der Waals surface area contributed by atoms with E-state index in [1.807, 2.05) is 0 Å². The Morgan fingerprint density at radius 2 is 0.529 bits per heavy atom. The Bertz CT molecular complexity index is 167. The van der Waals surface area contributed by atoms with Gasteiger partial charge in [0.1, 0.15) is 0 Å². The van der Waals surface area contributed by atoms with E-state index in [0.29, 0.717) is 0 Å². The summed E-state index contributed by atoms with van der Waals surface area (Å²) >= 11 is 35.3. The van der Waals surface area contributed by atoms with E-state index in [-0.39, 0.29) is 0 Å². The van der Waals surface area contributed by atoms with Crippen molar-refractivity contribution in [3.63, 3.8) is 0 Å². The SMILES string of the molecule is C[N+](C)(C)C.Cl[C@H]1[C@H](Cl)[C@@H](Cl)[C@@H](Cl)[C@H](Cl)[C@H]1Cl. The van der Waals surface area contributed by atoms with Gasteiger partial charge < -0.3 is 4.48 Å². The molecule has 1 saturated carbocycles. The molecular formula is C10H18Cl6N+. The lowest BCUT2D eigenvalue weighted by Crippen LogP contribution is -2.52. The summed E-state index contributed by atoms with van der Waals surface area (Å²) in [6, 6.07) is 0. The maximum atomic E-state index is 5.88. The number of nitrogens with zero attached hydrogens (tertiary/aromatic N) is 1. The van der Waals surface area contributed by atoms with Gasteiger partial charge >= 0.3 is 0 Å². The number of alkyl halides is 6. The van der Waals surface area contributed by atoms with Crippen LogP contribution in [0.3, 0.4) is 0 Å². The van der Waals surface area contributed by atoms with E-state index in [1.54, 1.807) is 0 Å². The quantitative estimate of drug-likeness (QED) is 0.450. The van der Waals surface area contributed by atoms with Crippen LogP contribution in [0.15, 0.2) is 0 Å². The minimum Gasteiger partial charge on any atom is -0.333 e. The molecule has 0 atom stereocenters. The number of hydrogen-bond donors (Lipinski definition) is 0. The molecule has 7 heteroatoms. The number of quaternary nitrogens is 1. The monoisotopic (exact) mass is 362 g/mol. The predicted molar refractivity (Wildman–Crippen MR) is 81.8 cm³/mol. The van der Waals surface area contributed by atoms with Crippen LogP contribution in [-0.2, 0) is 0 Å². The van der Waals surface area contributed by atoms with Crippen molar-refractivity contribution in [3.05, 3.63) is 0 Å². The molecule has 0 aromatic rings. The maximum absolute atomic E-state index is 5.88. The molecule has 17 heavy (non-hydrogen) atoms. The Hall–Kier alpha value is 1.70. The fourth-order valence-corrected chi connectivity index (χ4v) is 3.38. The molecular weight excluding hydrogens is 347 g/mol. The average molecular weight is 365 g/mol. The van der Waals surface area contributed by atoms with E-state index in [1.165, 1.54) is 0 Å². The highest BCUT2D eigenvalue weighted by Gasteiger charge is 2.46. The summed E-state index contributed by atoms with van der Waals surface area (Å²) in [5.41, 5.74) is 0. The zero-order chi connectivity index (χ0) is 14.0. The zero-order valence-electron chi connectivity index (χ0n) is 10.2. The molecule has 0 heterocycles. The summed E-state index contributed by atoms with van der Waals surface area (Å²) in [6.45, 7) is 0. The van der Waals surface area contributed by atoms with Crippen molar-refractivity contribution in [2.75, 3.05) is 28.2 Å². The molecule has 0 aliphatic heterocycles. The molecule has 0 unspecified atom stereocenters.